The Kier molecular flexibility index (Phi) is 5.28. The second-order valence-corrected chi connectivity index (χ2v) is 6.51. The molecule has 0 aromatic heterocycles. The molecule has 0 radical (unpaired) electrons. The van der Waals surface area contributed by atoms with Crippen LogP contribution in [0.25, 0.3) is 6.08 Å². The van der Waals surface area contributed by atoms with E-state index in [0.29, 0.717) is 22.7 Å². The molecule has 2 amide bonds. The van der Waals surface area contributed by atoms with Gasteiger partial charge in [-0.1, -0.05) is 23.7 Å². The summed E-state index contributed by atoms with van der Waals surface area (Å²) in [6.45, 7) is 0.667. The maximum atomic E-state index is 12.7. The first-order valence-corrected chi connectivity index (χ1v) is 8.55. The lowest BCUT2D eigenvalue weighted by Crippen LogP contribution is -2.30. The molecule has 0 unspecified atom stereocenters. The smallest absolute Gasteiger partial charge is 0.253 e. The highest BCUT2D eigenvalue weighted by Crippen LogP contribution is 2.29. The van der Waals surface area contributed by atoms with Crippen molar-refractivity contribution < 1.29 is 14.3 Å². The number of nitrogens with zero attached hydrogens (tertiary/aromatic N) is 1. The van der Waals surface area contributed by atoms with Crippen LogP contribution in [0.5, 0.6) is 5.75 Å². The van der Waals surface area contributed by atoms with Crippen molar-refractivity contribution in [3.8, 4) is 5.75 Å². The standard InChI is InChI=1S/C20H19ClN2O3/c1-22-19(24)14-5-3-13(4-6-14)11-23(2)20(25)16-9-15-10-17(21)7-8-18(15)26-12-16/h3-10H,11-12H2,1-2H3,(H,22,24). The summed E-state index contributed by atoms with van der Waals surface area (Å²) in [6.07, 6.45) is 1.82. The van der Waals surface area contributed by atoms with Crippen molar-refractivity contribution in [3.63, 3.8) is 0 Å². The molecule has 1 heterocycles. The summed E-state index contributed by atoms with van der Waals surface area (Å²) in [7, 11) is 3.33. The first-order valence-electron chi connectivity index (χ1n) is 8.17. The van der Waals surface area contributed by atoms with E-state index in [1.165, 1.54) is 0 Å². The molecule has 0 spiro atoms. The fourth-order valence-corrected chi connectivity index (χ4v) is 2.95. The Balaban J connectivity index is 1.71. The number of amides is 2. The van der Waals surface area contributed by atoms with E-state index in [1.807, 2.05) is 18.2 Å². The Morgan fingerprint density at radius 3 is 2.62 bits per heavy atom. The first-order chi connectivity index (χ1) is 12.5. The molecule has 0 saturated heterocycles. The average Bonchev–Trinajstić information content (AvgIpc) is 2.66. The van der Waals surface area contributed by atoms with Gasteiger partial charge >= 0.3 is 0 Å². The van der Waals surface area contributed by atoms with Crippen LogP contribution < -0.4 is 10.1 Å². The second kappa shape index (κ2) is 7.62. The van der Waals surface area contributed by atoms with Crippen LogP contribution in [0, 0.1) is 0 Å². The van der Waals surface area contributed by atoms with Gasteiger partial charge in [-0.25, -0.2) is 0 Å². The van der Waals surface area contributed by atoms with Crippen LogP contribution in [0.2, 0.25) is 5.02 Å². The van der Waals surface area contributed by atoms with Crippen molar-refractivity contribution in [2.24, 2.45) is 0 Å². The molecule has 26 heavy (non-hydrogen) atoms. The van der Waals surface area contributed by atoms with Crippen molar-refractivity contribution >= 4 is 29.5 Å². The number of nitrogens with one attached hydrogen (secondary N) is 1. The molecular weight excluding hydrogens is 352 g/mol. The minimum absolute atomic E-state index is 0.106. The third-order valence-corrected chi connectivity index (χ3v) is 4.40. The molecule has 134 valence electrons. The van der Waals surface area contributed by atoms with Crippen LogP contribution in [-0.4, -0.2) is 37.4 Å². The zero-order valence-corrected chi connectivity index (χ0v) is 15.3. The molecule has 2 aromatic carbocycles. The van der Waals surface area contributed by atoms with E-state index in [4.69, 9.17) is 16.3 Å². The van der Waals surface area contributed by atoms with Crippen molar-refractivity contribution in [1.29, 1.82) is 0 Å². The summed E-state index contributed by atoms with van der Waals surface area (Å²) in [5, 5.41) is 3.18. The quantitative estimate of drug-likeness (QED) is 0.899. The van der Waals surface area contributed by atoms with Gasteiger partial charge in [-0.2, -0.15) is 0 Å². The van der Waals surface area contributed by atoms with E-state index in [1.54, 1.807) is 49.3 Å². The van der Waals surface area contributed by atoms with E-state index in [-0.39, 0.29) is 18.4 Å². The number of fused-ring (bicyclic) bond motifs is 1. The SMILES string of the molecule is CNC(=O)c1ccc(CN(C)C(=O)C2=Cc3cc(Cl)ccc3OC2)cc1. The van der Waals surface area contributed by atoms with Crippen LogP contribution in [0.15, 0.2) is 48.0 Å². The lowest BCUT2D eigenvalue weighted by atomic mass is 10.1. The van der Waals surface area contributed by atoms with Crippen LogP contribution in [-0.2, 0) is 11.3 Å². The highest BCUT2D eigenvalue weighted by molar-refractivity contribution is 6.30. The number of hydrogen-bond acceptors (Lipinski definition) is 3. The topological polar surface area (TPSA) is 58.6 Å². The minimum Gasteiger partial charge on any atom is -0.488 e. The molecule has 0 bridgehead atoms. The first kappa shape index (κ1) is 18.0. The molecule has 5 nitrogen and oxygen atoms in total. The molecule has 1 aliphatic heterocycles. The maximum absolute atomic E-state index is 12.7. The van der Waals surface area contributed by atoms with Gasteiger partial charge in [0.25, 0.3) is 11.8 Å². The molecule has 0 atom stereocenters. The Labute approximate surface area is 157 Å². The van der Waals surface area contributed by atoms with Crippen molar-refractivity contribution in [3.05, 3.63) is 69.8 Å². The predicted octanol–water partition coefficient (Wildman–Crippen LogP) is 3.13. The number of carbonyl (C=O) groups excluding carboxylic acids is 2. The minimum atomic E-state index is -0.136. The lowest BCUT2D eigenvalue weighted by molar-refractivity contribution is -0.126. The average molecular weight is 371 g/mol. The van der Waals surface area contributed by atoms with Gasteiger partial charge in [0.05, 0.1) is 5.57 Å². The molecular formula is C20H19ClN2O3. The Morgan fingerprint density at radius 2 is 1.92 bits per heavy atom. The van der Waals surface area contributed by atoms with Crippen LogP contribution in [0.1, 0.15) is 21.5 Å². The van der Waals surface area contributed by atoms with Gasteiger partial charge in [0, 0.05) is 36.8 Å². The molecule has 0 fully saturated rings. The zero-order chi connectivity index (χ0) is 18.7. The summed E-state index contributed by atoms with van der Waals surface area (Å²) in [5.41, 5.74) is 2.90. The van der Waals surface area contributed by atoms with Gasteiger partial charge in [-0.3, -0.25) is 9.59 Å². The molecule has 2 aromatic rings. The number of carbonyl (C=O) groups is 2. The van der Waals surface area contributed by atoms with Gasteiger partial charge < -0.3 is 15.0 Å². The summed E-state index contributed by atoms with van der Waals surface area (Å²) in [4.78, 5) is 25.9. The third kappa shape index (κ3) is 3.89. The number of halogens is 1. The van der Waals surface area contributed by atoms with Crippen LogP contribution >= 0.6 is 11.6 Å². The number of hydrogen-bond donors (Lipinski definition) is 1. The van der Waals surface area contributed by atoms with E-state index < -0.39 is 0 Å². The van der Waals surface area contributed by atoms with Gasteiger partial charge in [-0.05, 0) is 42.0 Å². The number of rotatable bonds is 4. The number of likely N-dealkylation sites (N-methyl/N-ethyl adjacent to an activating group) is 1. The fraction of sp³-hybridized carbons (Fsp3) is 0.200. The van der Waals surface area contributed by atoms with Crippen molar-refractivity contribution in [2.75, 3.05) is 20.7 Å². The summed E-state index contributed by atoms with van der Waals surface area (Å²) >= 11 is 6.01. The molecule has 1 N–H and O–H groups in total. The van der Waals surface area contributed by atoms with Gasteiger partial charge in [0.2, 0.25) is 0 Å². The lowest BCUT2D eigenvalue weighted by Gasteiger charge is -2.22. The molecule has 6 heteroatoms. The molecule has 1 aliphatic rings. The van der Waals surface area contributed by atoms with Crippen LogP contribution in [0.3, 0.4) is 0 Å². The Bertz CT molecular complexity index is 875. The van der Waals surface area contributed by atoms with Crippen molar-refractivity contribution in [1.82, 2.24) is 10.2 Å². The summed E-state index contributed by atoms with van der Waals surface area (Å²) in [5.74, 6) is 0.479. The van der Waals surface area contributed by atoms with E-state index in [2.05, 4.69) is 5.32 Å². The van der Waals surface area contributed by atoms with Crippen LogP contribution in [0.4, 0.5) is 0 Å². The highest BCUT2D eigenvalue weighted by Gasteiger charge is 2.20. The zero-order valence-electron chi connectivity index (χ0n) is 14.6. The normalized spacial score (nSPS) is 12.5. The fourth-order valence-electron chi connectivity index (χ4n) is 2.77. The Morgan fingerprint density at radius 1 is 1.19 bits per heavy atom. The third-order valence-electron chi connectivity index (χ3n) is 4.17. The largest absolute Gasteiger partial charge is 0.488 e. The number of ether oxygens (including phenoxy) is 1. The molecule has 3 rings (SSSR count). The summed E-state index contributed by atoms with van der Waals surface area (Å²) in [6, 6.07) is 12.5. The maximum Gasteiger partial charge on any atom is 0.253 e. The van der Waals surface area contributed by atoms with E-state index in [9.17, 15) is 9.59 Å². The van der Waals surface area contributed by atoms with Gasteiger partial charge in [-0.15, -0.1) is 0 Å². The molecule has 0 saturated carbocycles. The van der Waals surface area contributed by atoms with E-state index >= 15 is 0 Å². The highest BCUT2D eigenvalue weighted by atomic mass is 35.5. The van der Waals surface area contributed by atoms with Gasteiger partial charge in [0.15, 0.2) is 0 Å². The van der Waals surface area contributed by atoms with E-state index in [0.717, 1.165) is 16.9 Å². The Hall–Kier alpha value is -2.79. The number of benzene rings is 2. The molecule has 0 aliphatic carbocycles. The monoisotopic (exact) mass is 370 g/mol. The van der Waals surface area contributed by atoms with Crippen molar-refractivity contribution in [2.45, 2.75) is 6.54 Å². The second-order valence-electron chi connectivity index (χ2n) is 6.08. The summed E-state index contributed by atoms with van der Waals surface area (Å²) < 4.78 is 5.65. The van der Waals surface area contributed by atoms with Gasteiger partial charge in [0.1, 0.15) is 12.4 Å². The predicted molar refractivity (Wildman–Crippen MR) is 101 cm³/mol.